The summed E-state index contributed by atoms with van der Waals surface area (Å²) in [6, 6.07) is 6.47. The molecule has 7 nitrogen and oxygen atoms in total. The molecule has 0 fully saturated rings. The fourth-order valence-corrected chi connectivity index (χ4v) is 2.00. The number of nitrogens with zero attached hydrogens (tertiary/aromatic N) is 3. The second-order valence-corrected chi connectivity index (χ2v) is 4.57. The van der Waals surface area contributed by atoms with E-state index in [9.17, 15) is 9.59 Å². The van der Waals surface area contributed by atoms with E-state index in [1.165, 1.54) is 7.11 Å². The van der Waals surface area contributed by atoms with E-state index in [0.717, 1.165) is 4.68 Å². The topological polar surface area (TPSA) is 86.1 Å². The average molecular weight is 329 g/mol. The number of ether oxygens (including phenoxy) is 1. The van der Waals surface area contributed by atoms with Crippen LogP contribution in [0.1, 0.15) is 10.4 Å². The fraction of sp³-hybridized carbons (Fsp3) is 0.167. The number of carbonyl (C=O) groups excluding carboxylic acids is 2. The zero-order chi connectivity index (χ0) is 15.4. The van der Waals surface area contributed by atoms with E-state index in [1.807, 2.05) is 0 Å². The van der Waals surface area contributed by atoms with Gasteiger partial charge in [-0.05, 0) is 35.3 Å². The summed E-state index contributed by atoms with van der Waals surface area (Å²) < 4.78 is 5.78. The van der Waals surface area contributed by atoms with Gasteiger partial charge in [-0.2, -0.15) is 4.98 Å². The Bertz CT molecular complexity index is 687. The molecule has 0 spiro atoms. The molecule has 0 aliphatic heterocycles. The third-order valence-electron chi connectivity index (χ3n) is 2.50. The van der Waals surface area contributed by atoms with E-state index < -0.39 is 11.9 Å². The number of amides is 1. The number of aromatic nitrogens is 3. The van der Waals surface area contributed by atoms with E-state index in [4.69, 9.17) is 23.2 Å². The highest BCUT2D eigenvalue weighted by Gasteiger charge is 2.15. The van der Waals surface area contributed by atoms with Gasteiger partial charge in [0.25, 0.3) is 0 Å². The number of anilines is 1. The van der Waals surface area contributed by atoms with Crippen LogP contribution in [0.4, 0.5) is 5.69 Å². The summed E-state index contributed by atoms with van der Waals surface area (Å²) in [5.74, 6) is -0.984. The number of benzene rings is 1. The molecule has 1 amide bonds. The van der Waals surface area contributed by atoms with E-state index in [0.29, 0.717) is 5.69 Å². The highest BCUT2D eigenvalue weighted by atomic mass is 35.5. The zero-order valence-corrected chi connectivity index (χ0v) is 12.4. The van der Waals surface area contributed by atoms with Crippen LogP contribution in [-0.2, 0) is 16.1 Å². The lowest BCUT2D eigenvalue weighted by Gasteiger charge is -2.09. The Kier molecular flexibility index (Phi) is 4.77. The first-order valence-corrected chi connectivity index (χ1v) is 6.50. The van der Waals surface area contributed by atoms with Crippen molar-refractivity contribution in [3.8, 4) is 0 Å². The predicted molar refractivity (Wildman–Crippen MR) is 76.5 cm³/mol. The van der Waals surface area contributed by atoms with Gasteiger partial charge < -0.3 is 10.1 Å². The molecule has 0 saturated heterocycles. The van der Waals surface area contributed by atoms with Crippen molar-refractivity contribution in [2.75, 3.05) is 12.4 Å². The first-order chi connectivity index (χ1) is 10.0. The Morgan fingerprint density at radius 1 is 1.33 bits per heavy atom. The van der Waals surface area contributed by atoms with Crippen LogP contribution >= 0.6 is 23.2 Å². The van der Waals surface area contributed by atoms with Crippen LogP contribution < -0.4 is 5.32 Å². The highest BCUT2D eigenvalue weighted by Crippen LogP contribution is 2.16. The highest BCUT2D eigenvalue weighted by molar-refractivity contribution is 6.31. The van der Waals surface area contributed by atoms with Gasteiger partial charge in [-0.3, -0.25) is 4.79 Å². The van der Waals surface area contributed by atoms with Crippen LogP contribution in [0.5, 0.6) is 0 Å². The van der Waals surface area contributed by atoms with Crippen LogP contribution in [0.3, 0.4) is 0 Å². The minimum atomic E-state index is -0.548. The molecule has 1 heterocycles. The molecule has 1 aromatic carbocycles. The van der Waals surface area contributed by atoms with Crippen molar-refractivity contribution >= 4 is 40.8 Å². The number of hydrogen-bond donors (Lipinski definition) is 1. The number of methoxy groups -OCH3 is 1. The van der Waals surface area contributed by atoms with Gasteiger partial charge >= 0.3 is 5.97 Å². The van der Waals surface area contributed by atoms with Crippen LogP contribution in [0.25, 0.3) is 0 Å². The molecule has 0 saturated carbocycles. The van der Waals surface area contributed by atoms with Crippen molar-refractivity contribution in [3.63, 3.8) is 0 Å². The Morgan fingerprint density at radius 2 is 2.05 bits per heavy atom. The molecule has 0 bridgehead atoms. The predicted octanol–water partition coefficient (Wildman–Crippen LogP) is 2.01. The smallest absolute Gasteiger partial charge is 0.339 e. The molecule has 0 unspecified atom stereocenters. The zero-order valence-electron chi connectivity index (χ0n) is 10.8. The molecule has 0 aliphatic rings. The maximum atomic E-state index is 12.0. The number of hydrogen-bond acceptors (Lipinski definition) is 5. The van der Waals surface area contributed by atoms with Crippen molar-refractivity contribution < 1.29 is 14.3 Å². The number of rotatable bonds is 4. The molecule has 1 aromatic heterocycles. The van der Waals surface area contributed by atoms with E-state index in [1.54, 1.807) is 24.3 Å². The standard InChI is InChI=1S/C12H10Cl2N4O3/c1-21-10(20)7-4-2-3-5-8(7)15-9(19)6-18-12(14)16-11(13)17-18/h2-5H,6H2,1H3,(H,15,19). The van der Waals surface area contributed by atoms with Crippen LogP contribution in [0.15, 0.2) is 24.3 Å². The number of para-hydroxylation sites is 1. The van der Waals surface area contributed by atoms with Crippen LogP contribution in [-0.4, -0.2) is 33.8 Å². The normalized spacial score (nSPS) is 10.2. The lowest BCUT2D eigenvalue weighted by molar-refractivity contribution is -0.116. The Morgan fingerprint density at radius 3 is 2.67 bits per heavy atom. The molecule has 110 valence electrons. The minimum Gasteiger partial charge on any atom is -0.465 e. The molecule has 0 atom stereocenters. The van der Waals surface area contributed by atoms with Gasteiger partial charge in [-0.15, -0.1) is 5.10 Å². The summed E-state index contributed by atoms with van der Waals surface area (Å²) >= 11 is 11.3. The molecule has 2 aromatic rings. The summed E-state index contributed by atoms with van der Waals surface area (Å²) in [4.78, 5) is 27.2. The van der Waals surface area contributed by atoms with Gasteiger partial charge in [0.15, 0.2) is 0 Å². The van der Waals surface area contributed by atoms with E-state index in [2.05, 4.69) is 20.1 Å². The molecular formula is C12H10Cl2N4O3. The molecule has 2 rings (SSSR count). The van der Waals surface area contributed by atoms with Crippen LogP contribution in [0.2, 0.25) is 10.6 Å². The largest absolute Gasteiger partial charge is 0.465 e. The maximum absolute atomic E-state index is 12.0. The average Bonchev–Trinajstić information content (AvgIpc) is 2.76. The first kappa shape index (κ1) is 15.3. The Hall–Kier alpha value is -2.12. The second kappa shape index (κ2) is 6.55. The lowest BCUT2D eigenvalue weighted by atomic mass is 10.2. The first-order valence-electron chi connectivity index (χ1n) is 5.74. The van der Waals surface area contributed by atoms with Crippen molar-refractivity contribution in [3.05, 3.63) is 40.4 Å². The Balaban J connectivity index is 2.13. The fourth-order valence-electron chi connectivity index (χ4n) is 1.60. The summed E-state index contributed by atoms with van der Waals surface area (Å²) in [5, 5.41) is 6.28. The molecule has 0 aliphatic carbocycles. The second-order valence-electron chi connectivity index (χ2n) is 3.89. The number of carbonyl (C=O) groups is 2. The third kappa shape index (κ3) is 3.71. The molecular weight excluding hydrogens is 319 g/mol. The van der Waals surface area contributed by atoms with Crippen molar-refractivity contribution in [2.45, 2.75) is 6.54 Å². The maximum Gasteiger partial charge on any atom is 0.339 e. The Labute approximate surface area is 129 Å². The monoisotopic (exact) mass is 328 g/mol. The number of nitrogens with one attached hydrogen (secondary N) is 1. The summed E-state index contributed by atoms with van der Waals surface area (Å²) in [7, 11) is 1.26. The third-order valence-corrected chi connectivity index (χ3v) is 2.94. The van der Waals surface area contributed by atoms with Gasteiger partial charge in [-0.1, -0.05) is 12.1 Å². The molecule has 1 N–H and O–H groups in total. The summed E-state index contributed by atoms with van der Waals surface area (Å²) in [5.41, 5.74) is 0.577. The summed E-state index contributed by atoms with van der Waals surface area (Å²) in [6.07, 6.45) is 0. The molecule has 0 radical (unpaired) electrons. The number of halogens is 2. The van der Waals surface area contributed by atoms with Gasteiger partial charge in [-0.25, -0.2) is 9.48 Å². The molecule has 9 heteroatoms. The number of esters is 1. The van der Waals surface area contributed by atoms with E-state index in [-0.39, 0.29) is 22.7 Å². The minimum absolute atomic E-state index is 0.00333. The van der Waals surface area contributed by atoms with Gasteiger partial charge in [0.05, 0.1) is 18.4 Å². The molecule has 21 heavy (non-hydrogen) atoms. The van der Waals surface area contributed by atoms with Crippen molar-refractivity contribution in [1.29, 1.82) is 0 Å². The van der Waals surface area contributed by atoms with E-state index >= 15 is 0 Å². The van der Waals surface area contributed by atoms with Crippen molar-refractivity contribution in [1.82, 2.24) is 14.8 Å². The van der Waals surface area contributed by atoms with Crippen molar-refractivity contribution in [2.24, 2.45) is 0 Å². The van der Waals surface area contributed by atoms with Gasteiger partial charge in [0.1, 0.15) is 6.54 Å². The van der Waals surface area contributed by atoms with Gasteiger partial charge in [0.2, 0.25) is 16.5 Å². The van der Waals surface area contributed by atoms with Gasteiger partial charge in [0, 0.05) is 0 Å². The lowest BCUT2D eigenvalue weighted by Crippen LogP contribution is -2.21. The van der Waals surface area contributed by atoms with Crippen LogP contribution in [0, 0.1) is 0 Å². The summed E-state index contributed by atoms with van der Waals surface area (Å²) in [6.45, 7) is -0.186. The quantitative estimate of drug-likeness (QED) is 0.867. The SMILES string of the molecule is COC(=O)c1ccccc1NC(=O)Cn1nc(Cl)nc1Cl.